The highest BCUT2D eigenvalue weighted by Crippen LogP contribution is 2.45. The second-order valence-electron chi connectivity index (χ2n) is 10.0. The third kappa shape index (κ3) is 4.40. The third-order valence-corrected chi connectivity index (χ3v) is 8.78. The standard InChI is InChI=1S/C27H26ClN7O3S/c1-14(36)30-26-32-21-6-5-19-23(15-3-2-8-29-11-15)33-35(24(19)25(21)39-26)22-7-4-16(9-20(22)28)31-27(37)34-12-18-10-17(34)13-38-18/h2-4,7-9,11,17-18,27,31,37H,5-6,10,12-13H2,1H3,(H,30,32,36). The summed E-state index contributed by atoms with van der Waals surface area (Å²) in [6, 6.07) is 9.73. The lowest BCUT2D eigenvalue weighted by molar-refractivity contribution is -0.114. The number of morpholine rings is 1. The van der Waals surface area contributed by atoms with E-state index in [0.717, 1.165) is 52.3 Å². The van der Waals surface area contributed by atoms with Crippen LogP contribution in [0.15, 0.2) is 42.7 Å². The third-order valence-electron chi connectivity index (χ3n) is 7.45. The van der Waals surface area contributed by atoms with Gasteiger partial charge in [-0.05, 0) is 49.6 Å². The lowest BCUT2D eigenvalue weighted by atomic mass is 9.95. The number of carbonyl (C=O) groups is 1. The maximum atomic E-state index is 11.7. The molecular formula is C27H26ClN7O3S. The number of rotatable bonds is 6. The Hall–Kier alpha value is -3.35. The smallest absolute Gasteiger partial charge is 0.223 e. The van der Waals surface area contributed by atoms with Crippen molar-refractivity contribution in [3.05, 3.63) is 59.0 Å². The molecule has 5 heterocycles. The summed E-state index contributed by atoms with van der Waals surface area (Å²) in [6.07, 6.45) is 5.36. The number of aromatic nitrogens is 4. The molecule has 2 fully saturated rings. The summed E-state index contributed by atoms with van der Waals surface area (Å²) in [7, 11) is 0. The minimum Gasteiger partial charge on any atom is -0.375 e. The second kappa shape index (κ2) is 9.68. The van der Waals surface area contributed by atoms with Crippen molar-refractivity contribution < 1.29 is 14.6 Å². The number of benzene rings is 1. The number of halogens is 1. The normalized spacial score (nSPS) is 20.5. The summed E-state index contributed by atoms with van der Waals surface area (Å²) in [6.45, 7) is 2.83. The Morgan fingerprint density at radius 2 is 2.21 bits per heavy atom. The maximum Gasteiger partial charge on any atom is 0.223 e. The SMILES string of the molecule is CC(=O)Nc1nc2c(s1)-c1c(c(-c3cccnc3)nn1-c1ccc(NC(O)N3CC4CC3CO4)cc1Cl)CC2. The molecule has 7 rings (SSSR count). The number of hydrogen-bond donors (Lipinski definition) is 3. The summed E-state index contributed by atoms with van der Waals surface area (Å²) in [5, 5.41) is 22.9. The number of amides is 1. The molecule has 3 N–H and O–H groups in total. The minimum absolute atomic E-state index is 0.159. The number of fused-ring (bicyclic) bond motifs is 5. The summed E-state index contributed by atoms with van der Waals surface area (Å²) in [5.41, 5.74) is 6.12. The molecule has 39 heavy (non-hydrogen) atoms. The highest BCUT2D eigenvalue weighted by Gasteiger charge is 2.42. The molecule has 0 radical (unpaired) electrons. The van der Waals surface area contributed by atoms with Crippen LogP contribution in [0.5, 0.6) is 0 Å². The molecule has 1 amide bonds. The van der Waals surface area contributed by atoms with Crippen LogP contribution >= 0.6 is 22.9 Å². The first-order valence-corrected chi connectivity index (χ1v) is 14.1. The summed E-state index contributed by atoms with van der Waals surface area (Å²) in [5.74, 6) is -0.159. The predicted molar refractivity (Wildman–Crippen MR) is 149 cm³/mol. The zero-order valence-corrected chi connectivity index (χ0v) is 22.7. The number of aliphatic hydroxyl groups is 1. The van der Waals surface area contributed by atoms with Gasteiger partial charge in [0, 0.05) is 48.7 Å². The first-order valence-electron chi connectivity index (χ1n) is 12.9. The lowest BCUT2D eigenvalue weighted by Crippen LogP contribution is -2.47. The molecular weight excluding hydrogens is 538 g/mol. The van der Waals surface area contributed by atoms with Crippen molar-refractivity contribution >= 4 is 39.7 Å². The van der Waals surface area contributed by atoms with Crippen molar-refractivity contribution in [1.29, 1.82) is 0 Å². The van der Waals surface area contributed by atoms with Gasteiger partial charge in [-0.3, -0.25) is 14.7 Å². The van der Waals surface area contributed by atoms with Gasteiger partial charge in [0.1, 0.15) is 0 Å². The number of ether oxygens (including phenoxy) is 1. The highest BCUT2D eigenvalue weighted by molar-refractivity contribution is 7.19. The fraction of sp³-hybridized carbons (Fsp3) is 0.333. The average Bonchev–Trinajstić information content (AvgIpc) is 3.71. The van der Waals surface area contributed by atoms with Crippen molar-refractivity contribution in [3.8, 4) is 27.5 Å². The monoisotopic (exact) mass is 563 g/mol. The first kappa shape index (κ1) is 24.7. The van der Waals surface area contributed by atoms with Crippen LogP contribution in [0.2, 0.25) is 5.02 Å². The van der Waals surface area contributed by atoms with E-state index in [0.29, 0.717) is 34.7 Å². The molecule has 12 heteroatoms. The lowest BCUT2D eigenvalue weighted by Gasteiger charge is -2.32. The van der Waals surface area contributed by atoms with Crippen LogP contribution < -0.4 is 10.6 Å². The Balaban J connectivity index is 1.27. The molecule has 2 bridgehead atoms. The van der Waals surface area contributed by atoms with Crippen molar-refractivity contribution in [2.24, 2.45) is 0 Å². The summed E-state index contributed by atoms with van der Waals surface area (Å²) >= 11 is 8.31. The Morgan fingerprint density at radius 1 is 1.31 bits per heavy atom. The maximum absolute atomic E-state index is 11.7. The van der Waals surface area contributed by atoms with Gasteiger partial charge in [0.2, 0.25) is 5.91 Å². The van der Waals surface area contributed by atoms with Gasteiger partial charge in [0.25, 0.3) is 0 Å². The number of thiazole rings is 1. The van der Waals surface area contributed by atoms with Gasteiger partial charge in [0.05, 0.1) is 45.4 Å². The summed E-state index contributed by atoms with van der Waals surface area (Å²) in [4.78, 5) is 23.7. The Morgan fingerprint density at radius 3 is 2.92 bits per heavy atom. The van der Waals surface area contributed by atoms with Crippen LogP contribution in [-0.4, -0.2) is 67.3 Å². The van der Waals surface area contributed by atoms with E-state index in [1.807, 2.05) is 46.1 Å². The second-order valence-corrected chi connectivity index (χ2v) is 11.4. The molecule has 3 aromatic heterocycles. The minimum atomic E-state index is -0.826. The number of carbonyl (C=O) groups excluding carboxylic acids is 1. The van der Waals surface area contributed by atoms with Crippen molar-refractivity contribution in [1.82, 2.24) is 24.6 Å². The van der Waals surface area contributed by atoms with Crippen LogP contribution in [0.3, 0.4) is 0 Å². The van der Waals surface area contributed by atoms with Gasteiger partial charge in [-0.1, -0.05) is 22.9 Å². The number of pyridine rings is 1. The van der Waals surface area contributed by atoms with E-state index >= 15 is 0 Å². The van der Waals surface area contributed by atoms with Crippen molar-refractivity contribution in [2.45, 2.75) is 44.7 Å². The number of likely N-dealkylation sites (tertiary alicyclic amines) is 1. The van der Waals surface area contributed by atoms with Crippen molar-refractivity contribution in [2.75, 3.05) is 23.8 Å². The molecule has 0 saturated carbocycles. The number of nitrogens with one attached hydrogen (secondary N) is 2. The van der Waals surface area contributed by atoms with Crippen LogP contribution in [0.4, 0.5) is 10.8 Å². The van der Waals surface area contributed by atoms with E-state index in [4.69, 9.17) is 21.4 Å². The molecule has 200 valence electrons. The van der Waals surface area contributed by atoms with E-state index < -0.39 is 6.35 Å². The van der Waals surface area contributed by atoms with Gasteiger partial charge in [-0.25, -0.2) is 9.67 Å². The zero-order valence-electron chi connectivity index (χ0n) is 21.1. The van der Waals surface area contributed by atoms with Gasteiger partial charge in [-0.15, -0.1) is 0 Å². The molecule has 3 unspecified atom stereocenters. The van der Waals surface area contributed by atoms with Gasteiger partial charge >= 0.3 is 0 Å². The largest absolute Gasteiger partial charge is 0.375 e. The average molecular weight is 564 g/mol. The number of aryl methyl sites for hydroxylation is 1. The van der Waals surface area contributed by atoms with Gasteiger partial charge in [-0.2, -0.15) is 5.10 Å². The van der Waals surface area contributed by atoms with E-state index in [1.54, 1.807) is 6.20 Å². The topological polar surface area (TPSA) is 117 Å². The fourth-order valence-corrected chi connectivity index (χ4v) is 7.09. The quantitative estimate of drug-likeness (QED) is 0.302. The molecule has 1 aliphatic carbocycles. The van der Waals surface area contributed by atoms with Crippen molar-refractivity contribution in [3.63, 3.8) is 0 Å². The van der Waals surface area contributed by atoms with E-state index in [9.17, 15) is 9.90 Å². The van der Waals surface area contributed by atoms with E-state index in [2.05, 4.69) is 20.6 Å². The number of hydrogen-bond acceptors (Lipinski definition) is 9. The van der Waals surface area contributed by atoms with Crippen LogP contribution in [-0.2, 0) is 22.4 Å². The van der Waals surface area contributed by atoms with Crippen LogP contribution in [0.1, 0.15) is 24.6 Å². The Bertz CT molecular complexity index is 1570. The van der Waals surface area contributed by atoms with Gasteiger partial charge in [0.15, 0.2) is 11.5 Å². The molecule has 0 spiro atoms. The molecule has 2 saturated heterocycles. The predicted octanol–water partition coefficient (Wildman–Crippen LogP) is 3.93. The van der Waals surface area contributed by atoms with Crippen LogP contribution in [0.25, 0.3) is 27.5 Å². The molecule has 4 aromatic rings. The Kier molecular flexibility index (Phi) is 6.13. The molecule has 10 nitrogen and oxygen atoms in total. The van der Waals surface area contributed by atoms with E-state index in [-0.39, 0.29) is 18.1 Å². The van der Waals surface area contributed by atoms with Gasteiger partial charge < -0.3 is 20.5 Å². The van der Waals surface area contributed by atoms with E-state index in [1.165, 1.54) is 18.3 Å². The highest BCUT2D eigenvalue weighted by atomic mass is 35.5. The first-order chi connectivity index (χ1) is 18.9. The molecule has 1 aromatic carbocycles. The molecule has 3 atom stereocenters. The number of nitrogens with zero attached hydrogens (tertiary/aromatic N) is 5. The molecule has 3 aliphatic rings. The molecule has 2 aliphatic heterocycles. The Labute approximate surface area is 233 Å². The number of aliphatic hydroxyl groups excluding tert-OH is 1. The zero-order chi connectivity index (χ0) is 26.7. The fourth-order valence-electron chi connectivity index (χ4n) is 5.71. The summed E-state index contributed by atoms with van der Waals surface area (Å²) < 4.78 is 7.52. The van der Waals surface area contributed by atoms with Crippen LogP contribution in [0, 0.1) is 0 Å². The number of anilines is 2.